The van der Waals surface area contributed by atoms with Gasteiger partial charge in [-0.2, -0.15) is 0 Å². The lowest BCUT2D eigenvalue weighted by atomic mass is 9.78. The number of amides is 2. The summed E-state index contributed by atoms with van der Waals surface area (Å²) in [5.41, 5.74) is 0. The van der Waals surface area contributed by atoms with Crippen LogP contribution in [0.2, 0.25) is 0 Å². The molecule has 2 saturated carbocycles. The third-order valence-corrected chi connectivity index (χ3v) is 4.68. The summed E-state index contributed by atoms with van der Waals surface area (Å²) in [5.74, 6) is 1.33. The van der Waals surface area contributed by atoms with E-state index in [0.29, 0.717) is 23.9 Å². The van der Waals surface area contributed by atoms with Gasteiger partial charge >= 0.3 is 6.03 Å². The van der Waals surface area contributed by atoms with Crippen molar-refractivity contribution in [2.75, 3.05) is 0 Å². The summed E-state index contributed by atoms with van der Waals surface area (Å²) < 4.78 is 0. The average molecular weight is 252 g/mol. The van der Waals surface area contributed by atoms with Crippen molar-refractivity contribution in [3.63, 3.8) is 0 Å². The van der Waals surface area contributed by atoms with Gasteiger partial charge in [0.05, 0.1) is 0 Å². The minimum atomic E-state index is 0.0689. The molecule has 18 heavy (non-hydrogen) atoms. The summed E-state index contributed by atoms with van der Waals surface area (Å²) >= 11 is 0. The van der Waals surface area contributed by atoms with Gasteiger partial charge in [-0.05, 0) is 37.5 Å². The summed E-state index contributed by atoms with van der Waals surface area (Å²) in [5, 5.41) is 6.36. The van der Waals surface area contributed by atoms with Gasteiger partial charge < -0.3 is 10.6 Å². The Morgan fingerprint density at radius 2 is 1.56 bits per heavy atom. The van der Waals surface area contributed by atoms with Crippen molar-refractivity contribution in [1.29, 1.82) is 0 Å². The third kappa shape index (κ3) is 3.63. The smallest absolute Gasteiger partial charge is 0.315 e. The maximum Gasteiger partial charge on any atom is 0.315 e. The van der Waals surface area contributed by atoms with Crippen LogP contribution in [-0.2, 0) is 0 Å². The number of carbonyl (C=O) groups excluding carboxylic acids is 1. The first-order valence-corrected chi connectivity index (χ1v) is 7.74. The Morgan fingerprint density at radius 1 is 0.944 bits per heavy atom. The highest BCUT2D eigenvalue weighted by atomic mass is 16.2. The molecule has 0 aromatic heterocycles. The second-order valence-electron chi connectivity index (χ2n) is 6.40. The van der Waals surface area contributed by atoms with Crippen LogP contribution in [0, 0.1) is 11.8 Å². The monoisotopic (exact) mass is 252 g/mol. The van der Waals surface area contributed by atoms with Crippen LogP contribution in [0.1, 0.15) is 65.2 Å². The summed E-state index contributed by atoms with van der Waals surface area (Å²) in [6.07, 6.45) is 9.86. The minimum absolute atomic E-state index is 0.0689. The van der Waals surface area contributed by atoms with Gasteiger partial charge in [0, 0.05) is 12.1 Å². The Bertz CT molecular complexity index is 272. The molecule has 3 heteroatoms. The van der Waals surface area contributed by atoms with E-state index in [1.54, 1.807) is 0 Å². The number of hydrogen-bond acceptors (Lipinski definition) is 1. The molecule has 0 saturated heterocycles. The van der Waals surface area contributed by atoms with Crippen molar-refractivity contribution in [3.05, 3.63) is 0 Å². The van der Waals surface area contributed by atoms with E-state index in [9.17, 15) is 4.79 Å². The molecule has 0 aromatic rings. The molecule has 2 aliphatic rings. The molecule has 0 radical (unpaired) electrons. The van der Waals surface area contributed by atoms with Crippen molar-refractivity contribution >= 4 is 6.03 Å². The number of nitrogens with one attached hydrogen (secondary N) is 2. The Morgan fingerprint density at radius 3 is 2.22 bits per heavy atom. The number of rotatable bonds is 3. The van der Waals surface area contributed by atoms with E-state index in [4.69, 9.17) is 0 Å². The summed E-state index contributed by atoms with van der Waals surface area (Å²) in [6, 6.07) is 0.880. The Kier molecular flexibility index (Phi) is 4.90. The molecule has 2 fully saturated rings. The van der Waals surface area contributed by atoms with Gasteiger partial charge in [-0.15, -0.1) is 0 Å². The second-order valence-corrected chi connectivity index (χ2v) is 6.40. The van der Waals surface area contributed by atoms with E-state index in [-0.39, 0.29) is 6.03 Å². The minimum Gasteiger partial charge on any atom is -0.335 e. The van der Waals surface area contributed by atoms with Crippen molar-refractivity contribution in [3.8, 4) is 0 Å². The van der Waals surface area contributed by atoms with E-state index < -0.39 is 0 Å². The summed E-state index contributed by atoms with van der Waals surface area (Å²) in [7, 11) is 0. The Balaban J connectivity index is 1.80. The topological polar surface area (TPSA) is 41.1 Å². The predicted octanol–water partition coefficient (Wildman–Crippen LogP) is 3.44. The maximum atomic E-state index is 12.0. The molecule has 0 heterocycles. The van der Waals surface area contributed by atoms with Crippen LogP contribution in [-0.4, -0.2) is 18.1 Å². The highest BCUT2D eigenvalue weighted by Gasteiger charge is 2.29. The largest absolute Gasteiger partial charge is 0.335 e. The van der Waals surface area contributed by atoms with Crippen molar-refractivity contribution in [2.24, 2.45) is 11.8 Å². The predicted molar refractivity (Wildman–Crippen MR) is 74.5 cm³/mol. The van der Waals surface area contributed by atoms with Crippen LogP contribution in [0.4, 0.5) is 4.79 Å². The molecule has 2 N–H and O–H groups in total. The molecule has 2 aliphatic carbocycles. The third-order valence-electron chi connectivity index (χ3n) is 4.68. The lowest BCUT2D eigenvalue weighted by Gasteiger charge is -2.35. The molecule has 2 amide bonds. The van der Waals surface area contributed by atoms with Crippen molar-refractivity contribution < 1.29 is 4.79 Å². The van der Waals surface area contributed by atoms with E-state index in [1.807, 2.05) is 0 Å². The van der Waals surface area contributed by atoms with Gasteiger partial charge in [-0.25, -0.2) is 4.79 Å². The molecule has 0 aliphatic heterocycles. The summed E-state index contributed by atoms with van der Waals surface area (Å²) in [6.45, 7) is 4.55. The standard InChI is InChI=1S/C15H28N2O/c1-11(2)13-9-5-6-10-14(13)17-15(18)16-12-7-3-4-8-12/h11-14H,3-10H2,1-2H3,(H2,16,17,18). The molecule has 2 unspecified atom stereocenters. The van der Waals surface area contributed by atoms with Crippen molar-refractivity contribution in [2.45, 2.75) is 77.3 Å². The van der Waals surface area contributed by atoms with Gasteiger partial charge in [0.1, 0.15) is 0 Å². The van der Waals surface area contributed by atoms with Gasteiger partial charge in [0.25, 0.3) is 0 Å². The van der Waals surface area contributed by atoms with Gasteiger partial charge in [0.15, 0.2) is 0 Å². The van der Waals surface area contributed by atoms with Crippen molar-refractivity contribution in [1.82, 2.24) is 10.6 Å². The SMILES string of the molecule is CC(C)C1CCCCC1NC(=O)NC1CCCC1. The van der Waals surface area contributed by atoms with Crippen LogP contribution < -0.4 is 10.6 Å². The van der Waals surface area contributed by atoms with Crippen LogP contribution in [0.3, 0.4) is 0 Å². The molecule has 2 atom stereocenters. The number of carbonyl (C=O) groups is 1. The van der Waals surface area contributed by atoms with Crippen LogP contribution in [0.15, 0.2) is 0 Å². The van der Waals surface area contributed by atoms with E-state index in [0.717, 1.165) is 19.3 Å². The molecule has 2 rings (SSSR count). The fraction of sp³-hybridized carbons (Fsp3) is 0.933. The highest BCUT2D eigenvalue weighted by Crippen LogP contribution is 2.30. The highest BCUT2D eigenvalue weighted by molar-refractivity contribution is 5.74. The molecular formula is C15H28N2O. The molecular weight excluding hydrogens is 224 g/mol. The van der Waals surface area contributed by atoms with Crippen LogP contribution in [0.5, 0.6) is 0 Å². The first-order valence-electron chi connectivity index (χ1n) is 7.74. The van der Waals surface area contributed by atoms with Crippen LogP contribution in [0.25, 0.3) is 0 Å². The first kappa shape index (κ1) is 13.7. The first-order chi connectivity index (χ1) is 8.66. The zero-order valence-electron chi connectivity index (χ0n) is 11.9. The number of hydrogen-bond donors (Lipinski definition) is 2. The second kappa shape index (κ2) is 6.44. The number of urea groups is 1. The molecule has 0 aromatic carbocycles. The zero-order chi connectivity index (χ0) is 13.0. The molecule has 0 spiro atoms. The molecule has 104 valence electrons. The quantitative estimate of drug-likeness (QED) is 0.793. The lowest BCUT2D eigenvalue weighted by molar-refractivity contribution is 0.192. The fourth-order valence-electron chi connectivity index (χ4n) is 3.60. The normalized spacial score (nSPS) is 29.5. The van der Waals surface area contributed by atoms with E-state index >= 15 is 0 Å². The lowest BCUT2D eigenvalue weighted by Crippen LogP contribution is -2.50. The van der Waals surface area contributed by atoms with Gasteiger partial charge in [-0.1, -0.05) is 39.5 Å². The molecule has 0 bridgehead atoms. The fourth-order valence-corrected chi connectivity index (χ4v) is 3.60. The molecule has 3 nitrogen and oxygen atoms in total. The zero-order valence-corrected chi connectivity index (χ0v) is 11.9. The summed E-state index contributed by atoms with van der Waals surface area (Å²) in [4.78, 5) is 12.0. The van der Waals surface area contributed by atoms with Gasteiger partial charge in [-0.3, -0.25) is 0 Å². The Labute approximate surface area is 111 Å². The Hall–Kier alpha value is -0.730. The van der Waals surface area contributed by atoms with E-state index in [2.05, 4.69) is 24.5 Å². The average Bonchev–Trinajstić information content (AvgIpc) is 2.82. The van der Waals surface area contributed by atoms with Gasteiger partial charge in [0.2, 0.25) is 0 Å². The van der Waals surface area contributed by atoms with E-state index in [1.165, 1.54) is 32.1 Å². The maximum absolute atomic E-state index is 12.0. The van der Waals surface area contributed by atoms with Crippen LogP contribution >= 0.6 is 0 Å².